The number of anilines is 3. The molecule has 1 amide bonds. The highest BCUT2D eigenvalue weighted by Gasteiger charge is 2.21. The number of nitrogens with one attached hydrogen (secondary N) is 2. The number of rotatable bonds is 8. The Balaban J connectivity index is 1.30. The van der Waals surface area contributed by atoms with Gasteiger partial charge in [-0.05, 0) is 76.2 Å². The first kappa shape index (κ1) is 25.1. The fourth-order valence-corrected chi connectivity index (χ4v) is 4.78. The van der Waals surface area contributed by atoms with Crippen molar-refractivity contribution in [2.75, 3.05) is 30.8 Å². The van der Waals surface area contributed by atoms with E-state index in [9.17, 15) is 10.1 Å². The highest BCUT2D eigenvalue weighted by molar-refractivity contribution is 5.92. The van der Waals surface area contributed by atoms with E-state index in [2.05, 4.69) is 33.7 Å². The SMILES string of the molecule is Cc1c(NC(=O)OCCC2CCCN2C)cn2ncc(C#N)c(Nc3ccc(Oc4ccccc4)cc3)c12. The Morgan fingerprint density at radius 1 is 1.16 bits per heavy atom. The fraction of sp³-hybridized carbons (Fsp3) is 0.276. The van der Waals surface area contributed by atoms with Crippen LogP contribution in [0.3, 0.4) is 0 Å². The summed E-state index contributed by atoms with van der Waals surface area (Å²) in [5, 5.41) is 20.3. The number of aromatic nitrogens is 2. The topological polar surface area (TPSA) is 104 Å². The molecule has 9 nitrogen and oxygen atoms in total. The van der Waals surface area contributed by atoms with Crippen molar-refractivity contribution in [3.63, 3.8) is 0 Å². The number of nitriles is 1. The van der Waals surface area contributed by atoms with E-state index in [4.69, 9.17) is 9.47 Å². The maximum atomic E-state index is 12.5. The van der Waals surface area contributed by atoms with Gasteiger partial charge in [0.05, 0.1) is 41.5 Å². The van der Waals surface area contributed by atoms with Gasteiger partial charge < -0.3 is 19.7 Å². The van der Waals surface area contributed by atoms with Gasteiger partial charge in [-0.25, -0.2) is 9.31 Å². The molecule has 1 fully saturated rings. The summed E-state index contributed by atoms with van der Waals surface area (Å²) in [5.74, 6) is 1.45. The number of hydrogen-bond donors (Lipinski definition) is 2. The molecule has 1 aliphatic rings. The van der Waals surface area contributed by atoms with Crippen LogP contribution in [-0.4, -0.2) is 46.8 Å². The normalized spacial score (nSPS) is 15.2. The number of carbonyl (C=O) groups excluding carboxylic acids is 1. The average Bonchev–Trinajstić information content (AvgIpc) is 3.48. The van der Waals surface area contributed by atoms with Crippen LogP contribution in [-0.2, 0) is 4.74 Å². The first-order valence-corrected chi connectivity index (χ1v) is 12.7. The Morgan fingerprint density at radius 2 is 1.92 bits per heavy atom. The van der Waals surface area contributed by atoms with Crippen molar-refractivity contribution in [1.29, 1.82) is 5.26 Å². The highest BCUT2D eigenvalue weighted by Crippen LogP contribution is 2.33. The molecular weight excluding hydrogens is 480 g/mol. The van der Waals surface area contributed by atoms with Crippen molar-refractivity contribution in [2.45, 2.75) is 32.2 Å². The molecule has 2 aromatic heterocycles. The van der Waals surface area contributed by atoms with E-state index >= 15 is 0 Å². The van der Waals surface area contributed by atoms with Crippen molar-refractivity contribution in [3.05, 3.63) is 78.1 Å². The van der Waals surface area contributed by atoms with Crippen LogP contribution in [0.5, 0.6) is 11.5 Å². The van der Waals surface area contributed by atoms with Crippen LogP contribution in [0.25, 0.3) is 5.52 Å². The van der Waals surface area contributed by atoms with E-state index in [1.165, 1.54) is 12.6 Å². The summed E-state index contributed by atoms with van der Waals surface area (Å²) < 4.78 is 13.0. The number of amides is 1. The van der Waals surface area contributed by atoms with Gasteiger partial charge in [-0.15, -0.1) is 0 Å². The Hall–Kier alpha value is -4.55. The molecule has 1 atom stereocenters. The maximum Gasteiger partial charge on any atom is 0.411 e. The van der Waals surface area contributed by atoms with Crippen LogP contribution >= 0.6 is 0 Å². The maximum absolute atomic E-state index is 12.5. The minimum atomic E-state index is -0.506. The van der Waals surface area contributed by atoms with Gasteiger partial charge in [-0.3, -0.25) is 5.32 Å². The van der Waals surface area contributed by atoms with Gasteiger partial charge in [0, 0.05) is 17.3 Å². The quantitative estimate of drug-likeness (QED) is 0.296. The summed E-state index contributed by atoms with van der Waals surface area (Å²) in [6, 6.07) is 19.7. The third-order valence-corrected chi connectivity index (χ3v) is 6.87. The lowest BCUT2D eigenvalue weighted by atomic mass is 10.1. The zero-order chi connectivity index (χ0) is 26.5. The Kier molecular flexibility index (Phi) is 7.43. The van der Waals surface area contributed by atoms with Crippen molar-refractivity contribution in [1.82, 2.24) is 14.5 Å². The largest absolute Gasteiger partial charge is 0.457 e. The second-order valence-corrected chi connectivity index (χ2v) is 9.40. The number of nitrogens with zero attached hydrogens (tertiary/aromatic N) is 4. The smallest absolute Gasteiger partial charge is 0.411 e. The molecule has 1 unspecified atom stereocenters. The molecule has 1 saturated heterocycles. The van der Waals surface area contributed by atoms with Gasteiger partial charge in [-0.1, -0.05) is 18.2 Å². The molecule has 4 aromatic rings. The van der Waals surface area contributed by atoms with Crippen molar-refractivity contribution < 1.29 is 14.3 Å². The minimum Gasteiger partial charge on any atom is -0.457 e. The molecule has 3 heterocycles. The van der Waals surface area contributed by atoms with Gasteiger partial charge in [0.15, 0.2) is 0 Å². The van der Waals surface area contributed by atoms with Crippen LogP contribution in [0.1, 0.15) is 30.4 Å². The number of ether oxygens (including phenoxy) is 2. The van der Waals surface area contributed by atoms with Crippen molar-refractivity contribution >= 4 is 28.7 Å². The molecule has 1 aliphatic heterocycles. The van der Waals surface area contributed by atoms with E-state index in [1.54, 1.807) is 10.7 Å². The molecule has 0 aliphatic carbocycles. The predicted octanol–water partition coefficient (Wildman–Crippen LogP) is 6.08. The standard InChI is InChI=1S/C29H30N6O3/c1-20-26(33-29(36)37-16-14-23-7-6-15-34(23)2)19-35-28(20)27(21(17-30)18-31-35)32-22-10-12-25(13-11-22)38-24-8-4-3-5-9-24/h3-5,8-13,18-19,23,32H,6-7,14-16H2,1-2H3,(H,33,36). The van der Waals surface area contributed by atoms with Gasteiger partial charge >= 0.3 is 6.09 Å². The Labute approximate surface area is 221 Å². The van der Waals surface area contributed by atoms with E-state index in [1.807, 2.05) is 61.5 Å². The predicted molar refractivity (Wildman–Crippen MR) is 146 cm³/mol. The number of likely N-dealkylation sites (tertiary alicyclic amines) is 1. The molecule has 2 aromatic carbocycles. The minimum absolute atomic E-state index is 0.362. The first-order chi connectivity index (χ1) is 18.5. The molecule has 0 spiro atoms. The first-order valence-electron chi connectivity index (χ1n) is 12.7. The van der Waals surface area contributed by atoms with Crippen molar-refractivity contribution in [3.8, 4) is 17.6 Å². The van der Waals surface area contributed by atoms with Crippen LogP contribution in [0.4, 0.5) is 21.9 Å². The Bertz CT molecular complexity index is 1460. The van der Waals surface area contributed by atoms with Crippen LogP contribution < -0.4 is 15.4 Å². The lowest BCUT2D eigenvalue weighted by molar-refractivity contribution is 0.147. The molecule has 2 N–H and O–H groups in total. The summed E-state index contributed by atoms with van der Waals surface area (Å²) >= 11 is 0. The van der Waals surface area contributed by atoms with E-state index in [0.717, 1.165) is 36.4 Å². The van der Waals surface area contributed by atoms with Gasteiger partial charge in [0.1, 0.15) is 17.6 Å². The van der Waals surface area contributed by atoms with E-state index < -0.39 is 6.09 Å². The lowest BCUT2D eigenvalue weighted by Crippen LogP contribution is -2.27. The Morgan fingerprint density at radius 3 is 2.63 bits per heavy atom. The fourth-order valence-electron chi connectivity index (χ4n) is 4.78. The second-order valence-electron chi connectivity index (χ2n) is 9.40. The number of fused-ring (bicyclic) bond motifs is 1. The van der Waals surface area contributed by atoms with Crippen LogP contribution in [0.2, 0.25) is 0 Å². The molecule has 0 bridgehead atoms. The molecule has 5 rings (SSSR count). The number of aryl methyl sites for hydroxylation is 1. The third kappa shape index (κ3) is 5.56. The zero-order valence-corrected chi connectivity index (χ0v) is 21.5. The molecular formula is C29H30N6O3. The highest BCUT2D eigenvalue weighted by atomic mass is 16.5. The summed E-state index contributed by atoms with van der Waals surface area (Å²) in [4.78, 5) is 14.8. The summed E-state index contributed by atoms with van der Waals surface area (Å²) in [5.41, 5.74) is 3.80. The monoisotopic (exact) mass is 510 g/mol. The molecule has 0 saturated carbocycles. The van der Waals surface area contributed by atoms with E-state index in [-0.39, 0.29) is 0 Å². The number of benzene rings is 2. The van der Waals surface area contributed by atoms with Crippen LogP contribution in [0, 0.1) is 18.3 Å². The summed E-state index contributed by atoms with van der Waals surface area (Å²) in [6.45, 7) is 3.33. The summed E-state index contributed by atoms with van der Waals surface area (Å²) in [7, 11) is 2.11. The van der Waals surface area contributed by atoms with Gasteiger partial charge in [-0.2, -0.15) is 10.4 Å². The molecule has 38 heavy (non-hydrogen) atoms. The van der Waals surface area contributed by atoms with Gasteiger partial charge in [0.2, 0.25) is 0 Å². The number of carbonyl (C=O) groups is 1. The number of hydrogen-bond acceptors (Lipinski definition) is 7. The average molecular weight is 511 g/mol. The molecule has 9 heteroatoms. The molecule has 194 valence electrons. The lowest BCUT2D eigenvalue weighted by Gasteiger charge is -2.18. The second kappa shape index (κ2) is 11.2. The summed E-state index contributed by atoms with van der Waals surface area (Å²) in [6.07, 6.45) is 5.85. The zero-order valence-electron chi connectivity index (χ0n) is 21.5. The third-order valence-electron chi connectivity index (χ3n) is 6.87. The van der Waals surface area contributed by atoms with E-state index in [0.29, 0.717) is 40.9 Å². The molecule has 0 radical (unpaired) electrons. The van der Waals surface area contributed by atoms with Gasteiger partial charge in [0.25, 0.3) is 0 Å². The van der Waals surface area contributed by atoms with Crippen molar-refractivity contribution in [2.24, 2.45) is 0 Å². The van der Waals surface area contributed by atoms with Crippen LogP contribution in [0.15, 0.2) is 67.0 Å². The number of para-hydroxylation sites is 1.